The van der Waals surface area contributed by atoms with Crippen LogP contribution in [0.4, 0.5) is 10.1 Å². The van der Waals surface area contributed by atoms with Gasteiger partial charge in [-0.05, 0) is 67.6 Å². The van der Waals surface area contributed by atoms with Gasteiger partial charge in [0.05, 0.1) is 5.56 Å². The largest absolute Gasteiger partial charge is 0.322 e. The molecular weight excluding hydrogens is 371 g/mol. The van der Waals surface area contributed by atoms with Crippen LogP contribution in [0.2, 0.25) is 0 Å². The Morgan fingerprint density at radius 2 is 1.79 bits per heavy atom. The summed E-state index contributed by atoms with van der Waals surface area (Å²) >= 11 is 0. The van der Waals surface area contributed by atoms with Crippen molar-refractivity contribution < 1.29 is 9.18 Å². The number of halogens is 1. The van der Waals surface area contributed by atoms with Crippen molar-refractivity contribution in [3.63, 3.8) is 0 Å². The predicted octanol–water partition coefficient (Wildman–Crippen LogP) is 3.77. The van der Waals surface area contributed by atoms with E-state index in [2.05, 4.69) is 20.8 Å². The first-order chi connectivity index (χ1) is 14.0. The lowest BCUT2D eigenvalue weighted by atomic mass is 10.2. The third kappa shape index (κ3) is 3.40. The Kier molecular flexibility index (Phi) is 4.67. The van der Waals surface area contributed by atoms with Gasteiger partial charge in [-0.25, -0.2) is 4.39 Å². The number of carbonyl (C=O) groups is 1. The molecule has 0 radical (unpaired) electrons. The Hall–Kier alpha value is -3.81. The van der Waals surface area contributed by atoms with Crippen molar-refractivity contribution in [3.05, 3.63) is 83.2 Å². The Morgan fingerprint density at radius 3 is 2.48 bits per heavy atom. The van der Waals surface area contributed by atoms with Crippen molar-refractivity contribution in [1.82, 2.24) is 24.8 Å². The molecule has 7 nitrogen and oxygen atoms in total. The standard InChI is InChI=1S/C21H19FN6O/c1-13-11-18(14(2)27(13)17-7-5-4-6-8-17)21(29)23-16-9-10-19(22)20(12-16)28-15(3)24-25-26-28/h4-12H,1-3H3,(H,23,29). The van der Waals surface area contributed by atoms with Crippen LogP contribution in [0.15, 0.2) is 54.6 Å². The molecule has 8 heteroatoms. The molecule has 2 aromatic carbocycles. The third-order valence-corrected chi connectivity index (χ3v) is 4.75. The summed E-state index contributed by atoms with van der Waals surface area (Å²) in [6.45, 7) is 5.52. The van der Waals surface area contributed by atoms with Crippen LogP contribution in [-0.2, 0) is 0 Å². The normalized spacial score (nSPS) is 10.9. The van der Waals surface area contributed by atoms with E-state index in [4.69, 9.17) is 0 Å². The molecular formula is C21H19FN6O. The molecule has 2 heterocycles. The molecule has 0 saturated carbocycles. The quantitative estimate of drug-likeness (QED) is 0.575. The zero-order valence-electron chi connectivity index (χ0n) is 16.2. The summed E-state index contributed by atoms with van der Waals surface area (Å²) in [7, 11) is 0. The molecule has 4 aromatic rings. The van der Waals surface area contributed by atoms with E-state index in [-0.39, 0.29) is 11.6 Å². The highest BCUT2D eigenvalue weighted by Gasteiger charge is 2.18. The van der Waals surface area contributed by atoms with Crippen molar-refractivity contribution in [1.29, 1.82) is 0 Å². The molecule has 0 aliphatic carbocycles. The van der Waals surface area contributed by atoms with Crippen LogP contribution in [0.3, 0.4) is 0 Å². The fourth-order valence-corrected chi connectivity index (χ4v) is 3.37. The first-order valence-corrected chi connectivity index (χ1v) is 9.06. The lowest BCUT2D eigenvalue weighted by molar-refractivity contribution is 0.102. The fourth-order valence-electron chi connectivity index (χ4n) is 3.37. The Bertz CT molecular complexity index is 1200. The van der Waals surface area contributed by atoms with Gasteiger partial charge in [0.1, 0.15) is 11.5 Å². The first kappa shape index (κ1) is 18.5. The van der Waals surface area contributed by atoms with Crippen molar-refractivity contribution >= 4 is 11.6 Å². The van der Waals surface area contributed by atoms with Crippen LogP contribution in [0, 0.1) is 26.6 Å². The number of hydrogen-bond acceptors (Lipinski definition) is 4. The monoisotopic (exact) mass is 390 g/mol. The summed E-state index contributed by atoms with van der Waals surface area (Å²) in [5, 5.41) is 13.9. The number of tetrazole rings is 1. The lowest BCUT2D eigenvalue weighted by Crippen LogP contribution is -2.14. The van der Waals surface area contributed by atoms with Crippen LogP contribution < -0.4 is 5.32 Å². The van der Waals surface area contributed by atoms with Crippen molar-refractivity contribution in [2.24, 2.45) is 0 Å². The minimum absolute atomic E-state index is 0.167. The number of aromatic nitrogens is 5. The van der Waals surface area contributed by atoms with Gasteiger partial charge in [-0.1, -0.05) is 18.2 Å². The molecule has 0 saturated heterocycles. The highest BCUT2D eigenvalue weighted by atomic mass is 19.1. The SMILES string of the molecule is Cc1nnnn1-c1cc(NC(=O)c2cc(C)n(-c3ccccc3)c2C)ccc1F. The van der Waals surface area contributed by atoms with E-state index in [0.29, 0.717) is 17.1 Å². The summed E-state index contributed by atoms with van der Waals surface area (Å²) in [6.07, 6.45) is 0. The Labute approximate surface area is 166 Å². The summed E-state index contributed by atoms with van der Waals surface area (Å²) < 4.78 is 17.6. The number of anilines is 1. The number of para-hydroxylation sites is 1. The van der Waals surface area contributed by atoms with E-state index >= 15 is 0 Å². The lowest BCUT2D eigenvalue weighted by Gasteiger charge is -2.11. The van der Waals surface area contributed by atoms with Crippen LogP contribution in [0.25, 0.3) is 11.4 Å². The molecule has 146 valence electrons. The van der Waals surface area contributed by atoms with Gasteiger partial charge in [0.25, 0.3) is 5.91 Å². The zero-order chi connectivity index (χ0) is 20.5. The van der Waals surface area contributed by atoms with E-state index in [1.165, 1.54) is 22.9 Å². The van der Waals surface area contributed by atoms with Gasteiger partial charge in [-0.2, -0.15) is 4.68 Å². The zero-order valence-corrected chi connectivity index (χ0v) is 16.2. The highest BCUT2D eigenvalue weighted by Crippen LogP contribution is 2.23. The molecule has 29 heavy (non-hydrogen) atoms. The van der Waals surface area contributed by atoms with Crippen LogP contribution in [-0.4, -0.2) is 30.7 Å². The Morgan fingerprint density at radius 1 is 1.03 bits per heavy atom. The first-order valence-electron chi connectivity index (χ1n) is 9.06. The van der Waals surface area contributed by atoms with Crippen LogP contribution in [0.1, 0.15) is 27.6 Å². The number of carbonyl (C=O) groups excluding carboxylic acids is 1. The summed E-state index contributed by atoms with van der Waals surface area (Å²) in [5.41, 5.74) is 3.93. The van der Waals surface area contributed by atoms with Gasteiger partial charge >= 0.3 is 0 Å². The highest BCUT2D eigenvalue weighted by molar-refractivity contribution is 6.05. The minimum atomic E-state index is -0.486. The molecule has 1 amide bonds. The Balaban J connectivity index is 1.65. The smallest absolute Gasteiger partial charge is 0.257 e. The predicted molar refractivity (Wildman–Crippen MR) is 107 cm³/mol. The maximum Gasteiger partial charge on any atom is 0.257 e. The third-order valence-electron chi connectivity index (χ3n) is 4.75. The second-order valence-electron chi connectivity index (χ2n) is 6.71. The second-order valence-corrected chi connectivity index (χ2v) is 6.71. The maximum absolute atomic E-state index is 14.2. The maximum atomic E-state index is 14.2. The summed E-state index contributed by atoms with van der Waals surface area (Å²) in [5.74, 6) is -0.314. The number of amides is 1. The van der Waals surface area contributed by atoms with Crippen molar-refractivity contribution in [2.75, 3.05) is 5.32 Å². The topological polar surface area (TPSA) is 77.6 Å². The molecule has 0 atom stereocenters. The van der Waals surface area contributed by atoms with Gasteiger partial charge in [0.2, 0.25) is 0 Å². The average Bonchev–Trinajstić information content (AvgIpc) is 3.26. The second kappa shape index (κ2) is 7.31. The molecule has 0 bridgehead atoms. The molecule has 0 fully saturated rings. The van der Waals surface area contributed by atoms with E-state index in [1.807, 2.05) is 54.8 Å². The van der Waals surface area contributed by atoms with E-state index in [9.17, 15) is 9.18 Å². The molecule has 0 spiro atoms. The van der Waals surface area contributed by atoms with Gasteiger partial charge in [-0.15, -0.1) is 5.10 Å². The number of hydrogen-bond donors (Lipinski definition) is 1. The molecule has 0 unspecified atom stereocenters. The van der Waals surface area contributed by atoms with Crippen LogP contribution in [0.5, 0.6) is 0 Å². The molecule has 4 rings (SSSR count). The number of nitrogens with zero attached hydrogens (tertiary/aromatic N) is 5. The van der Waals surface area contributed by atoms with E-state index in [1.54, 1.807) is 6.92 Å². The average molecular weight is 390 g/mol. The van der Waals surface area contributed by atoms with Crippen molar-refractivity contribution in [3.8, 4) is 11.4 Å². The van der Waals surface area contributed by atoms with E-state index in [0.717, 1.165) is 17.1 Å². The number of nitrogens with one attached hydrogen (secondary N) is 1. The van der Waals surface area contributed by atoms with Gasteiger partial charge in [-0.3, -0.25) is 4.79 Å². The van der Waals surface area contributed by atoms with Gasteiger partial charge < -0.3 is 9.88 Å². The molecule has 2 aromatic heterocycles. The number of aryl methyl sites for hydroxylation is 2. The van der Waals surface area contributed by atoms with Crippen LogP contribution >= 0.6 is 0 Å². The summed E-state index contributed by atoms with van der Waals surface area (Å²) in [4.78, 5) is 12.9. The number of rotatable bonds is 4. The molecule has 0 aliphatic heterocycles. The fraction of sp³-hybridized carbons (Fsp3) is 0.143. The van der Waals surface area contributed by atoms with Gasteiger partial charge in [0, 0.05) is 22.8 Å². The van der Waals surface area contributed by atoms with Crippen molar-refractivity contribution in [2.45, 2.75) is 20.8 Å². The minimum Gasteiger partial charge on any atom is -0.322 e. The molecule has 0 aliphatic rings. The number of benzene rings is 2. The molecule has 1 N–H and O–H groups in total. The van der Waals surface area contributed by atoms with Gasteiger partial charge in [0.15, 0.2) is 5.82 Å². The summed E-state index contributed by atoms with van der Waals surface area (Å²) in [6, 6.07) is 16.0. The van der Waals surface area contributed by atoms with E-state index < -0.39 is 5.82 Å².